The van der Waals surface area contributed by atoms with Gasteiger partial charge in [0.1, 0.15) is 0 Å². The maximum atomic E-state index is 5.31. The fraction of sp³-hybridized carbons (Fsp3) is 0.222. The molecule has 0 saturated heterocycles. The van der Waals surface area contributed by atoms with Crippen molar-refractivity contribution in [2.75, 3.05) is 10.6 Å². The van der Waals surface area contributed by atoms with Crippen LogP contribution in [0.5, 0.6) is 0 Å². The number of thiocarbonyl (C=S) groups is 2. The third kappa shape index (κ3) is 5.18. The van der Waals surface area contributed by atoms with Crippen LogP contribution in [0.15, 0.2) is 42.5 Å². The predicted molar refractivity (Wildman–Crippen MR) is 110 cm³/mol. The van der Waals surface area contributed by atoms with Crippen LogP contribution in [-0.2, 0) is 6.42 Å². The Bertz CT molecular complexity index is 723. The van der Waals surface area contributed by atoms with Gasteiger partial charge in [0.25, 0.3) is 0 Å². The predicted octanol–water partition coefficient (Wildman–Crippen LogP) is 4.05. The Labute approximate surface area is 154 Å². The summed E-state index contributed by atoms with van der Waals surface area (Å²) < 4.78 is 0. The molecule has 0 aliphatic heterocycles. The normalized spacial score (nSPS) is 9.96. The van der Waals surface area contributed by atoms with E-state index in [0.29, 0.717) is 10.2 Å². The molecule has 0 amide bonds. The van der Waals surface area contributed by atoms with E-state index in [1.54, 1.807) is 0 Å². The van der Waals surface area contributed by atoms with E-state index in [0.717, 1.165) is 28.9 Å². The van der Waals surface area contributed by atoms with Crippen molar-refractivity contribution >= 4 is 46.0 Å². The van der Waals surface area contributed by atoms with E-state index in [9.17, 15) is 0 Å². The molecular formula is C18H22N4S2. The van der Waals surface area contributed by atoms with Crippen molar-refractivity contribution < 1.29 is 0 Å². The first-order valence-electron chi connectivity index (χ1n) is 7.78. The second kappa shape index (κ2) is 8.61. The average molecular weight is 359 g/mol. The van der Waals surface area contributed by atoms with Crippen LogP contribution >= 0.6 is 24.4 Å². The van der Waals surface area contributed by atoms with Gasteiger partial charge >= 0.3 is 0 Å². The lowest BCUT2D eigenvalue weighted by molar-refractivity contribution is 0.885. The van der Waals surface area contributed by atoms with Gasteiger partial charge < -0.3 is 10.6 Å². The molecule has 0 spiro atoms. The van der Waals surface area contributed by atoms with E-state index in [2.05, 4.69) is 40.5 Å². The van der Waals surface area contributed by atoms with E-state index < -0.39 is 0 Å². The van der Waals surface area contributed by atoms with E-state index >= 15 is 0 Å². The third-order valence-corrected chi connectivity index (χ3v) is 4.01. The first-order valence-corrected chi connectivity index (χ1v) is 8.60. The largest absolute Gasteiger partial charge is 0.331 e. The minimum atomic E-state index is 0.453. The summed E-state index contributed by atoms with van der Waals surface area (Å²) >= 11 is 10.6. The molecule has 4 N–H and O–H groups in total. The van der Waals surface area contributed by atoms with Gasteiger partial charge in [-0.25, -0.2) is 0 Å². The Morgan fingerprint density at radius 3 is 2.08 bits per heavy atom. The topological polar surface area (TPSA) is 48.1 Å². The minimum Gasteiger partial charge on any atom is -0.331 e. The van der Waals surface area contributed by atoms with Crippen LogP contribution in [0.2, 0.25) is 0 Å². The van der Waals surface area contributed by atoms with Gasteiger partial charge in [-0.15, -0.1) is 0 Å². The zero-order valence-corrected chi connectivity index (χ0v) is 15.7. The van der Waals surface area contributed by atoms with Gasteiger partial charge in [-0.05, 0) is 73.5 Å². The molecule has 0 heterocycles. The molecule has 24 heavy (non-hydrogen) atoms. The van der Waals surface area contributed by atoms with Crippen LogP contribution in [0.4, 0.5) is 11.4 Å². The molecule has 2 aromatic carbocycles. The van der Waals surface area contributed by atoms with Crippen molar-refractivity contribution in [2.45, 2.75) is 27.2 Å². The van der Waals surface area contributed by atoms with Crippen molar-refractivity contribution in [3.05, 3.63) is 59.2 Å². The lowest BCUT2D eigenvalue weighted by Gasteiger charge is -2.16. The Hall–Kier alpha value is -2.18. The highest BCUT2D eigenvalue weighted by Gasteiger charge is 2.05. The molecule has 0 unspecified atom stereocenters. The number of hydrogen-bond donors (Lipinski definition) is 4. The van der Waals surface area contributed by atoms with E-state index in [4.69, 9.17) is 24.4 Å². The van der Waals surface area contributed by atoms with E-state index in [1.165, 1.54) is 5.56 Å². The number of rotatable bonds is 3. The molecule has 2 rings (SSSR count). The maximum Gasteiger partial charge on any atom is 0.189 e. The van der Waals surface area contributed by atoms with Crippen molar-refractivity contribution in [3.8, 4) is 0 Å². The van der Waals surface area contributed by atoms with Crippen LogP contribution in [-0.4, -0.2) is 10.2 Å². The number of nitrogens with one attached hydrogen (secondary N) is 4. The summed E-state index contributed by atoms with van der Waals surface area (Å²) in [5, 5.41) is 7.23. The molecule has 0 aliphatic carbocycles. The lowest BCUT2D eigenvalue weighted by atomic mass is 10.1. The van der Waals surface area contributed by atoms with Crippen LogP contribution in [0, 0.1) is 13.8 Å². The molecule has 2 aromatic rings. The van der Waals surface area contributed by atoms with Crippen molar-refractivity contribution in [2.24, 2.45) is 0 Å². The highest BCUT2D eigenvalue weighted by molar-refractivity contribution is 7.81. The number of hydrazine groups is 1. The van der Waals surface area contributed by atoms with Gasteiger partial charge in [0.2, 0.25) is 0 Å². The summed E-state index contributed by atoms with van der Waals surface area (Å²) in [6.07, 6.45) is 0.984. The van der Waals surface area contributed by atoms with Crippen LogP contribution in [0.3, 0.4) is 0 Å². The second-order valence-electron chi connectivity index (χ2n) is 5.48. The number of para-hydroxylation sites is 1. The highest BCUT2D eigenvalue weighted by atomic mass is 32.1. The molecule has 6 heteroatoms. The fourth-order valence-electron chi connectivity index (χ4n) is 2.30. The number of benzene rings is 2. The molecular weight excluding hydrogens is 336 g/mol. The average Bonchev–Trinajstić information content (AvgIpc) is 2.56. The van der Waals surface area contributed by atoms with E-state index in [-0.39, 0.29) is 0 Å². The van der Waals surface area contributed by atoms with Gasteiger partial charge in [-0.2, -0.15) is 0 Å². The van der Waals surface area contributed by atoms with Gasteiger partial charge in [0.05, 0.1) is 0 Å². The molecule has 126 valence electrons. The molecule has 0 saturated carbocycles. The Kier molecular flexibility index (Phi) is 6.52. The van der Waals surface area contributed by atoms with Crippen LogP contribution in [0.25, 0.3) is 0 Å². The zero-order chi connectivity index (χ0) is 17.5. The Balaban J connectivity index is 1.86. The van der Waals surface area contributed by atoms with Gasteiger partial charge in [-0.3, -0.25) is 10.9 Å². The smallest absolute Gasteiger partial charge is 0.189 e. The lowest BCUT2D eigenvalue weighted by Crippen LogP contribution is -2.45. The third-order valence-electron chi connectivity index (χ3n) is 3.60. The molecule has 0 aromatic heterocycles. The quantitative estimate of drug-likeness (QED) is 0.490. The molecule has 0 atom stereocenters. The summed E-state index contributed by atoms with van der Waals surface area (Å²) in [4.78, 5) is 0. The number of anilines is 2. The first kappa shape index (κ1) is 18.2. The molecule has 4 nitrogen and oxygen atoms in total. The number of aryl methyl sites for hydroxylation is 3. The SMILES string of the molecule is CCc1cccc(NC(=S)NNC(=S)Nc2c(C)cccc2C)c1. The monoisotopic (exact) mass is 358 g/mol. The Morgan fingerprint density at radius 2 is 1.46 bits per heavy atom. The number of hydrogen-bond acceptors (Lipinski definition) is 2. The van der Waals surface area contributed by atoms with Crippen molar-refractivity contribution in [1.29, 1.82) is 0 Å². The van der Waals surface area contributed by atoms with Gasteiger partial charge in [-0.1, -0.05) is 37.3 Å². The molecule has 0 bridgehead atoms. The first-order chi connectivity index (χ1) is 11.5. The summed E-state index contributed by atoms with van der Waals surface area (Å²) in [5.74, 6) is 0. The standard InChI is InChI=1S/C18H22N4S2/c1-4-14-9-6-10-15(11-14)19-17(23)21-22-18(24)20-16-12(2)7-5-8-13(16)3/h5-11H,4H2,1-3H3,(H2,19,21,23)(H2,20,22,24). The Morgan fingerprint density at radius 1 is 0.875 bits per heavy atom. The summed E-state index contributed by atoms with van der Waals surface area (Å²) in [5.41, 5.74) is 11.3. The molecule has 0 radical (unpaired) electrons. The summed E-state index contributed by atoms with van der Waals surface area (Å²) in [6, 6.07) is 14.2. The highest BCUT2D eigenvalue weighted by Crippen LogP contribution is 2.19. The molecule has 0 fully saturated rings. The maximum absolute atomic E-state index is 5.31. The van der Waals surface area contributed by atoms with Crippen LogP contribution in [0.1, 0.15) is 23.6 Å². The van der Waals surface area contributed by atoms with Gasteiger partial charge in [0.15, 0.2) is 10.2 Å². The van der Waals surface area contributed by atoms with E-state index in [1.807, 2.05) is 44.2 Å². The van der Waals surface area contributed by atoms with Gasteiger partial charge in [0, 0.05) is 11.4 Å². The summed E-state index contributed by atoms with van der Waals surface area (Å²) in [6.45, 7) is 6.20. The minimum absolute atomic E-state index is 0.453. The second-order valence-corrected chi connectivity index (χ2v) is 6.30. The van der Waals surface area contributed by atoms with Crippen molar-refractivity contribution in [3.63, 3.8) is 0 Å². The molecule has 0 aliphatic rings. The van der Waals surface area contributed by atoms with Crippen LogP contribution < -0.4 is 21.5 Å². The summed E-state index contributed by atoms with van der Waals surface area (Å²) in [7, 11) is 0. The fourth-order valence-corrected chi connectivity index (χ4v) is 2.62. The van der Waals surface area contributed by atoms with Crippen molar-refractivity contribution in [1.82, 2.24) is 10.9 Å². The zero-order valence-electron chi connectivity index (χ0n) is 14.1.